The fourth-order valence-electron chi connectivity index (χ4n) is 5.62. The van der Waals surface area contributed by atoms with Crippen molar-refractivity contribution in [1.82, 2.24) is 0 Å². The third kappa shape index (κ3) is 2.21. The Morgan fingerprint density at radius 1 is 1.14 bits per heavy atom. The first-order valence-electron chi connectivity index (χ1n) is 8.19. The number of benzene rings is 1. The second-order valence-electron chi connectivity index (χ2n) is 7.57. The Morgan fingerprint density at radius 2 is 1.73 bits per heavy atom. The van der Waals surface area contributed by atoms with E-state index in [1.54, 1.807) is 6.07 Å². The number of nitro groups is 1. The standard InChI is InChI=1S/C18H21NO3/c20-17-2-1-16(8-15(17)3-4-19(21)22)18-9-12-5-13(10-18)7-14(6-12)11-18/h1-4,8,12-14,20H,5-7,9-11H2/b4-3-. The van der Waals surface area contributed by atoms with Crippen LogP contribution in [0.4, 0.5) is 0 Å². The quantitative estimate of drug-likeness (QED) is 0.675. The lowest BCUT2D eigenvalue weighted by molar-refractivity contribution is -0.400. The molecule has 4 fully saturated rings. The van der Waals surface area contributed by atoms with E-state index >= 15 is 0 Å². The average Bonchev–Trinajstić information content (AvgIpc) is 2.44. The number of hydrogen-bond acceptors (Lipinski definition) is 3. The highest BCUT2D eigenvalue weighted by molar-refractivity contribution is 5.58. The van der Waals surface area contributed by atoms with Crippen molar-refractivity contribution < 1.29 is 10.0 Å². The number of phenols is 1. The maximum atomic E-state index is 10.5. The van der Waals surface area contributed by atoms with Gasteiger partial charge >= 0.3 is 0 Å². The number of aromatic hydroxyl groups is 1. The van der Waals surface area contributed by atoms with E-state index in [1.165, 1.54) is 50.2 Å². The highest BCUT2D eigenvalue weighted by Crippen LogP contribution is 2.60. The molecule has 4 heteroatoms. The summed E-state index contributed by atoms with van der Waals surface area (Å²) in [6, 6.07) is 5.71. The second-order valence-corrected chi connectivity index (χ2v) is 7.57. The highest BCUT2D eigenvalue weighted by Gasteiger charge is 2.51. The van der Waals surface area contributed by atoms with Crippen LogP contribution >= 0.6 is 0 Å². The molecule has 1 N–H and O–H groups in total. The average molecular weight is 299 g/mol. The molecular weight excluding hydrogens is 278 g/mol. The summed E-state index contributed by atoms with van der Waals surface area (Å²) < 4.78 is 0. The molecule has 0 saturated heterocycles. The van der Waals surface area contributed by atoms with Crippen LogP contribution in [-0.2, 0) is 5.41 Å². The zero-order chi connectivity index (χ0) is 15.3. The molecule has 0 aliphatic heterocycles. The topological polar surface area (TPSA) is 63.4 Å². The molecule has 4 aliphatic rings. The summed E-state index contributed by atoms with van der Waals surface area (Å²) in [6.07, 6.45) is 10.2. The van der Waals surface area contributed by atoms with E-state index in [-0.39, 0.29) is 11.2 Å². The summed E-state index contributed by atoms with van der Waals surface area (Å²) in [4.78, 5) is 10.0. The van der Waals surface area contributed by atoms with Crippen LogP contribution in [0.3, 0.4) is 0 Å². The summed E-state index contributed by atoms with van der Waals surface area (Å²) >= 11 is 0. The molecule has 0 aromatic heterocycles. The van der Waals surface area contributed by atoms with Gasteiger partial charge in [-0.25, -0.2) is 0 Å². The fraction of sp³-hybridized carbons (Fsp3) is 0.556. The zero-order valence-corrected chi connectivity index (χ0v) is 12.6. The fourth-order valence-corrected chi connectivity index (χ4v) is 5.62. The van der Waals surface area contributed by atoms with E-state index in [4.69, 9.17) is 0 Å². The molecule has 1 aromatic carbocycles. The third-order valence-electron chi connectivity index (χ3n) is 6.05. The van der Waals surface area contributed by atoms with Crippen LogP contribution in [-0.4, -0.2) is 10.0 Å². The van der Waals surface area contributed by atoms with E-state index < -0.39 is 4.92 Å². The van der Waals surface area contributed by atoms with E-state index in [0.717, 1.165) is 24.0 Å². The van der Waals surface area contributed by atoms with Crippen LogP contribution in [0.1, 0.15) is 49.7 Å². The normalized spacial score (nSPS) is 36.1. The van der Waals surface area contributed by atoms with E-state index in [9.17, 15) is 15.2 Å². The minimum Gasteiger partial charge on any atom is -0.507 e. The number of phenolic OH excluding ortho intramolecular Hbond substituents is 1. The van der Waals surface area contributed by atoms with Gasteiger partial charge in [0.15, 0.2) is 0 Å². The SMILES string of the molecule is O=[N+]([O-])/C=C\c1cc(C23CC4CC(CC(C4)C2)C3)ccc1O. The second kappa shape index (κ2) is 4.83. The van der Waals surface area contributed by atoms with Crippen molar-refractivity contribution in [3.63, 3.8) is 0 Å². The van der Waals surface area contributed by atoms with Gasteiger partial charge in [0, 0.05) is 11.6 Å². The van der Waals surface area contributed by atoms with Gasteiger partial charge in [-0.2, -0.15) is 0 Å². The van der Waals surface area contributed by atoms with Crippen molar-refractivity contribution in [2.24, 2.45) is 17.8 Å². The lowest BCUT2D eigenvalue weighted by Crippen LogP contribution is -2.48. The van der Waals surface area contributed by atoms with Crippen LogP contribution in [0.15, 0.2) is 24.4 Å². The van der Waals surface area contributed by atoms with Gasteiger partial charge in [-0.3, -0.25) is 10.1 Å². The molecule has 0 radical (unpaired) electrons. The molecule has 116 valence electrons. The van der Waals surface area contributed by atoms with Crippen molar-refractivity contribution in [2.45, 2.75) is 43.9 Å². The van der Waals surface area contributed by atoms with Crippen molar-refractivity contribution in [2.75, 3.05) is 0 Å². The monoisotopic (exact) mass is 299 g/mol. The van der Waals surface area contributed by atoms with E-state index in [0.29, 0.717) is 5.56 Å². The van der Waals surface area contributed by atoms with Crippen molar-refractivity contribution in [3.8, 4) is 5.75 Å². The van der Waals surface area contributed by atoms with Gasteiger partial charge in [0.05, 0.1) is 4.92 Å². The molecule has 22 heavy (non-hydrogen) atoms. The van der Waals surface area contributed by atoms with Gasteiger partial charge in [0.1, 0.15) is 5.75 Å². The molecule has 4 nitrogen and oxygen atoms in total. The molecule has 0 heterocycles. The number of rotatable bonds is 3. The van der Waals surface area contributed by atoms with Gasteiger partial charge in [0.25, 0.3) is 0 Å². The molecule has 0 amide bonds. The molecule has 0 spiro atoms. The van der Waals surface area contributed by atoms with Crippen molar-refractivity contribution >= 4 is 6.08 Å². The summed E-state index contributed by atoms with van der Waals surface area (Å²) in [7, 11) is 0. The van der Waals surface area contributed by atoms with Crippen LogP contribution in [0.5, 0.6) is 5.75 Å². The first-order valence-corrected chi connectivity index (χ1v) is 8.19. The Balaban J connectivity index is 1.70. The Hall–Kier alpha value is -1.84. The van der Waals surface area contributed by atoms with Crippen LogP contribution in [0, 0.1) is 27.9 Å². The number of nitrogens with zero attached hydrogens (tertiary/aromatic N) is 1. The molecular formula is C18H21NO3. The summed E-state index contributed by atoms with van der Waals surface area (Å²) in [5, 5.41) is 20.5. The van der Waals surface area contributed by atoms with Gasteiger partial charge in [-0.15, -0.1) is 0 Å². The molecule has 4 aliphatic carbocycles. The molecule has 0 atom stereocenters. The Kier molecular flexibility index (Phi) is 3.03. The summed E-state index contributed by atoms with van der Waals surface area (Å²) in [6.45, 7) is 0. The smallest absolute Gasteiger partial charge is 0.235 e. The van der Waals surface area contributed by atoms with Crippen molar-refractivity contribution in [3.05, 3.63) is 45.6 Å². The Labute approximate surface area is 130 Å². The molecule has 1 aromatic rings. The van der Waals surface area contributed by atoms with Crippen molar-refractivity contribution in [1.29, 1.82) is 0 Å². The predicted octanol–water partition coefficient (Wildman–Crippen LogP) is 4.11. The van der Waals surface area contributed by atoms with Gasteiger partial charge in [0.2, 0.25) is 6.20 Å². The number of hydrogen-bond donors (Lipinski definition) is 1. The maximum Gasteiger partial charge on any atom is 0.235 e. The van der Waals surface area contributed by atoms with E-state index in [1.807, 2.05) is 12.1 Å². The summed E-state index contributed by atoms with van der Waals surface area (Å²) in [5.74, 6) is 2.69. The third-order valence-corrected chi connectivity index (χ3v) is 6.05. The van der Waals surface area contributed by atoms with Gasteiger partial charge in [-0.05, 0) is 79.4 Å². The zero-order valence-electron chi connectivity index (χ0n) is 12.6. The van der Waals surface area contributed by atoms with Gasteiger partial charge < -0.3 is 5.11 Å². The maximum absolute atomic E-state index is 10.5. The Bertz CT molecular complexity index is 614. The minimum atomic E-state index is -0.489. The lowest BCUT2D eigenvalue weighted by Gasteiger charge is -2.57. The molecule has 0 unspecified atom stereocenters. The van der Waals surface area contributed by atoms with Crippen LogP contribution in [0.2, 0.25) is 0 Å². The first-order chi connectivity index (χ1) is 10.5. The highest BCUT2D eigenvalue weighted by atomic mass is 16.6. The molecule has 4 bridgehead atoms. The minimum absolute atomic E-state index is 0.117. The van der Waals surface area contributed by atoms with Gasteiger partial charge in [-0.1, -0.05) is 6.07 Å². The molecule has 4 saturated carbocycles. The molecule has 5 rings (SSSR count). The van der Waals surface area contributed by atoms with Crippen LogP contribution < -0.4 is 0 Å². The Morgan fingerprint density at radius 3 is 2.27 bits per heavy atom. The predicted molar refractivity (Wildman–Crippen MR) is 84.0 cm³/mol. The summed E-state index contributed by atoms with van der Waals surface area (Å²) in [5.41, 5.74) is 2.08. The largest absolute Gasteiger partial charge is 0.507 e. The van der Waals surface area contributed by atoms with Crippen LogP contribution in [0.25, 0.3) is 6.08 Å². The first kappa shape index (κ1) is 13.8. The van der Waals surface area contributed by atoms with E-state index in [2.05, 4.69) is 0 Å². The lowest BCUT2D eigenvalue weighted by atomic mass is 9.48.